The Morgan fingerprint density at radius 2 is 2.14 bits per heavy atom. The number of allylic oxidation sites excluding steroid dienone is 2. The van der Waals surface area contributed by atoms with E-state index >= 15 is 0 Å². The number of aromatic nitrogens is 2. The van der Waals surface area contributed by atoms with Gasteiger partial charge in [-0.2, -0.15) is 5.10 Å². The molecule has 1 aromatic heterocycles. The molecule has 6 nitrogen and oxygen atoms in total. The smallest absolute Gasteiger partial charge is 0.271 e. The number of benzene rings is 1. The fraction of sp³-hybridized carbons (Fsp3) is 0.435. The average molecular weight is 391 g/mol. The zero-order chi connectivity index (χ0) is 20.0. The van der Waals surface area contributed by atoms with Gasteiger partial charge in [0, 0.05) is 12.1 Å². The summed E-state index contributed by atoms with van der Waals surface area (Å²) in [7, 11) is 0. The molecule has 1 aromatic carbocycles. The number of carbonyl (C=O) groups excluding carboxylic acids is 2. The average Bonchev–Trinajstić information content (AvgIpc) is 3.14. The molecule has 1 spiro atoms. The highest BCUT2D eigenvalue weighted by molar-refractivity contribution is 5.94. The van der Waals surface area contributed by atoms with E-state index < -0.39 is 0 Å². The SMILES string of the molecule is CC(=O)c1cccc(OCc2cc(C(=O)NC[C@@H]3C[C@@H]4C=C[C@@H]3C43CC3)n[nH]2)c1. The van der Waals surface area contributed by atoms with Gasteiger partial charge in [-0.05, 0) is 67.6 Å². The summed E-state index contributed by atoms with van der Waals surface area (Å²) >= 11 is 0. The van der Waals surface area contributed by atoms with Crippen LogP contribution >= 0.6 is 0 Å². The van der Waals surface area contributed by atoms with Crippen molar-refractivity contribution in [2.75, 3.05) is 6.54 Å². The highest BCUT2D eigenvalue weighted by Gasteiger charge is 2.62. The Bertz CT molecular complexity index is 989. The van der Waals surface area contributed by atoms with E-state index in [0.29, 0.717) is 46.5 Å². The number of nitrogens with zero attached hydrogens (tertiary/aromatic N) is 1. The molecule has 150 valence electrons. The Balaban J connectivity index is 1.14. The third-order valence-corrected chi connectivity index (χ3v) is 6.87. The molecule has 0 radical (unpaired) electrons. The zero-order valence-electron chi connectivity index (χ0n) is 16.5. The molecule has 2 fully saturated rings. The Morgan fingerprint density at radius 3 is 2.90 bits per heavy atom. The van der Waals surface area contributed by atoms with Gasteiger partial charge in [0.1, 0.15) is 18.1 Å². The van der Waals surface area contributed by atoms with E-state index in [1.807, 2.05) is 0 Å². The lowest BCUT2D eigenvalue weighted by Gasteiger charge is -2.19. The number of nitrogens with one attached hydrogen (secondary N) is 2. The molecule has 5 rings (SSSR count). The van der Waals surface area contributed by atoms with Gasteiger partial charge in [0.15, 0.2) is 5.78 Å². The van der Waals surface area contributed by atoms with Crippen LogP contribution in [0.1, 0.15) is 52.7 Å². The van der Waals surface area contributed by atoms with Crippen molar-refractivity contribution < 1.29 is 14.3 Å². The molecule has 2 N–H and O–H groups in total. The molecule has 29 heavy (non-hydrogen) atoms. The first-order valence-electron chi connectivity index (χ1n) is 10.3. The van der Waals surface area contributed by atoms with Crippen LogP contribution in [0.25, 0.3) is 0 Å². The highest BCUT2D eigenvalue weighted by Crippen LogP contribution is 2.69. The molecule has 6 heteroatoms. The third kappa shape index (κ3) is 3.26. The minimum absolute atomic E-state index is 0.00507. The molecule has 3 aliphatic rings. The van der Waals surface area contributed by atoms with Crippen LogP contribution in [0.15, 0.2) is 42.5 Å². The van der Waals surface area contributed by atoms with Crippen molar-refractivity contribution in [2.24, 2.45) is 23.2 Å². The maximum Gasteiger partial charge on any atom is 0.271 e. The van der Waals surface area contributed by atoms with Crippen molar-refractivity contribution in [3.05, 3.63) is 59.4 Å². The van der Waals surface area contributed by atoms with E-state index in [-0.39, 0.29) is 18.3 Å². The first-order valence-corrected chi connectivity index (χ1v) is 10.3. The fourth-order valence-electron chi connectivity index (χ4n) is 5.19. The Hall–Kier alpha value is -2.89. The first kappa shape index (κ1) is 18.2. The summed E-state index contributed by atoms with van der Waals surface area (Å²) in [5.41, 5.74) is 2.24. The number of hydrogen-bond donors (Lipinski definition) is 2. The lowest BCUT2D eigenvalue weighted by atomic mass is 9.89. The number of Topliss-reactive ketones (excluding diaryl/α,β-unsaturated/α-hetero) is 1. The van der Waals surface area contributed by atoms with Gasteiger partial charge >= 0.3 is 0 Å². The molecule has 0 saturated heterocycles. The van der Waals surface area contributed by atoms with E-state index in [1.165, 1.54) is 26.2 Å². The number of H-pyrrole nitrogens is 1. The van der Waals surface area contributed by atoms with Crippen molar-refractivity contribution in [1.29, 1.82) is 0 Å². The van der Waals surface area contributed by atoms with Crippen LogP contribution in [0, 0.1) is 23.2 Å². The summed E-state index contributed by atoms with van der Waals surface area (Å²) in [4.78, 5) is 24.0. The zero-order valence-corrected chi connectivity index (χ0v) is 16.5. The van der Waals surface area contributed by atoms with Crippen molar-refractivity contribution in [2.45, 2.75) is 32.8 Å². The van der Waals surface area contributed by atoms with Crippen LogP contribution in [-0.4, -0.2) is 28.4 Å². The second-order valence-electron chi connectivity index (χ2n) is 8.61. The van der Waals surface area contributed by atoms with Crippen LogP contribution in [0.3, 0.4) is 0 Å². The topological polar surface area (TPSA) is 84.1 Å². The second-order valence-corrected chi connectivity index (χ2v) is 8.61. The summed E-state index contributed by atoms with van der Waals surface area (Å²) in [6, 6.07) is 8.77. The standard InChI is InChI=1S/C23H25N3O3/c1-14(27)15-3-2-4-19(10-15)29-13-18-11-21(26-25-18)22(28)24-12-16-9-17-5-6-20(16)23(17)7-8-23/h2-6,10-11,16-17,20H,7-9,12-13H2,1H3,(H,24,28)(H,25,26)/t16-,17-,20-/m0/s1. The van der Waals surface area contributed by atoms with Gasteiger partial charge in [0.25, 0.3) is 5.91 Å². The van der Waals surface area contributed by atoms with E-state index in [4.69, 9.17) is 4.74 Å². The van der Waals surface area contributed by atoms with E-state index in [9.17, 15) is 9.59 Å². The van der Waals surface area contributed by atoms with Crippen molar-refractivity contribution >= 4 is 11.7 Å². The van der Waals surface area contributed by atoms with Gasteiger partial charge in [-0.15, -0.1) is 0 Å². The molecular formula is C23H25N3O3. The third-order valence-electron chi connectivity index (χ3n) is 6.87. The molecule has 2 bridgehead atoms. The Morgan fingerprint density at radius 1 is 1.28 bits per heavy atom. The van der Waals surface area contributed by atoms with Crippen molar-refractivity contribution in [3.63, 3.8) is 0 Å². The Labute approximate surface area is 169 Å². The number of aromatic amines is 1. The van der Waals surface area contributed by atoms with Crippen LogP contribution in [0.5, 0.6) is 5.75 Å². The summed E-state index contributed by atoms with van der Waals surface area (Å²) in [6.45, 7) is 2.49. The lowest BCUT2D eigenvalue weighted by molar-refractivity contribution is 0.0938. The number of hydrogen-bond acceptors (Lipinski definition) is 4. The Kier molecular flexibility index (Phi) is 4.30. The highest BCUT2D eigenvalue weighted by atomic mass is 16.5. The maximum atomic E-state index is 12.5. The molecular weight excluding hydrogens is 366 g/mol. The van der Waals surface area contributed by atoms with Gasteiger partial charge < -0.3 is 10.1 Å². The molecule has 3 aliphatic carbocycles. The largest absolute Gasteiger partial charge is 0.487 e. The normalized spacial score (nSPS) is 25.3. The molecule has 3 atom stereocenters. The van der Waals surface area contributed by atoms with E-state index in [2.05, 4.69) is 27.7 Å². The van der Waals surface area contributed by atoms with Gasteiger partial charge in [-0.3, -0.25) is 14.7 Å². The van der Waals surface area contributed by atoms with Crippen LogP contribution in [0.2, 0.25) is 0 Å². The second kappa shape index (κ2) is 6.87. The summed E-state index contributed by atoms with van der Waals surface area (Å²) in [5.74, 6) is 2.37. The van der Waals surface area contributed by atoms with Crippen molar-refractivity contribution in [3.8, 4) is 5.75 Å². The number of ether oxygens (including phenoxy) is 1. The van der Waals surface area contributed by atoms with E-state index in [0.717, 1.165) is 5.92 Å². The molecule has 1 amide bonds. The summed E-state index contributed by atoms with van der Waals surface area (Å²) < 4.78 is 5.72. The predicted molar refractivity (Wildman–Crippen MR) is 108 cm³/mol. The molecule has 2 saturated carbocycles. The number of rotatable bonds is 7. The summed E-state index contributed by atoms with van der Waals surface area (Å²) in [6.07, 6.45) is 8.65. The number of amides is 1. The minimum Gasteiger partial charge on any atom is -0.487 e. The van der Waals surface area contributed by atoms with E-state index in [1.54, 1.807) is 30.3 Å². The lowest BCUT2D eigenvalue weighted by Crippen LogP contribution is -2.31. The van der Waals surface area contributed by atoms with Gasteiger partial charge in [0.2, 0.25) is 0 Å². The minimum atomic E-state index is -0.150. The molecule has 0 unspecified atom stereocenters. The van der Waals surface area contributed by atoms with Gasteiger partial charge in [-0.1, -0.05) is 24.3 Å². The monoisotopic (exact) mass is 391 g/mol. The van der Waals surface area contributed by atoms with Crippen LogP contribution in [-0.2, 0) is 6.61 Å². The van der Waals surface area contributed by atoms with Crippen LogP contribution in [0.4, 0.5) is 0 Å². The van der Waals surface area contributed by atoms with Gasteiger partial charge in [0.05, 0.1) is 5.69 Å². The number of carbonyl (C=O) groups is 2. The van der Waals surface area contributed by atoms with Crippen molar-refractivity contribution in [1.82, 2.24) is 15.5 Å². The fourth-order valence-corrected chi connectivity index (χ4v) is 5.19. The molecule has 2 aromatic rings. The van der Waals surface area contributed by atoms with Gasteiger partial charge in [-0.25, -0.2) is 0 Å². The van der Waals surface area contributed by atoms with Crippen LogP contribution < -0.4 is 10.1 Å². The first-order chi connectivity index (χ1) is 14.0. The quantitative estimate of drug-likeness (QED) is 0.559. The predicted octanol–water partition coefficient (Wildman–Crippen LogP) is 3.52. The maximum absolute atomic E-state index is 12.5. The molecule has 0 aliphatic heterocycles. The molecule has 1 heterocycles. The summed E-state index contributed by atoms with van der Waals surface area (Å²) in [5, 5.41) is 10.0. The number of ketones is 1.